The fraction of sp³-hybridized carbons (Fsp3) is 0.692. The minimum atomic E-state index is -3.45. The van der Waals surface area contributed by atoms with Gasteiger partial charge in [0.15, 0.2) is 0 Å². The van der Waals surface area contributed by atoms with Crippen molar-refractivity contribution in [3.8, 4) is 0 Å². The van der Waals surface area contributed by atoms with Crippen LogP contribution in [0.2, 0.25) is 0 Å². The van der Waals surface area contributed by atoms with Crippen molar-refractivity contribution in [2.75, 3.05) is 19.7 Å². The van der Waals surface area contributed by atoms with Crippen LogP contribution in [-0.4, -0.2) is 39.2 Å². The van der Waals surface area contributed by atoms with Crippen LogP contribution in [0.3, 0.4) is 0 Å². The number of hydrogen-bond acceptors (Lipinski definition) is 4. The van der Waals surface area contributed by atoms with E-state index in [0.717, 1.165) is 38.1 Å². The van der Waals surface area contributed by atoms with Gasteiger partial charge in [-0.2, -0.15) is 0 Å². The first-order valence-corrected chi connectivity index (χ1v) is 8.59. The molecule has 1 unspecified atom stereocenters. The Kier molecular flexibility index (Phi) is 5.59. The SMILES string of the molecule is CCCNCc1cc(S(=O)(=O)NCC2CCCO2)c[nH]1. The van der Waals surface area contributed by atoms with Gasteiger partial charge in [0, 0.05) is 31.6 Å². The number of aromatic amines is 1. The second kappa shape index (κ2) is 7.21. The van der Waals surface area contributed by atoms with Gasteiger partial charge in [0.05, 0.1) is 11.0 Å². The summed E-state index contributed by atoms with van der Waals surface area (Å²) in [5, 5.41) is 3.23. The number of sulfonamides is 1. The fourth-order valence-electron chi connectivity index (χ4n) is 2.17. The number of H-pyrrole nitrogens is 1. The van der Waals surface area contributed by atoms with Crippen LogP contribution in [0.15, 0.2) is 17.2 Å². The third-order valence-corrected chi connectivity index (χ3v) is 4.70. The fourth-order valence-corrected chi connectivity index (χ4v) is 3.25. The predicted molar refractivity (Wildman–Crippen MR) is 77.0 cm³/mol. The van der Waals surface area contributed by atoms with Crippen LogP contribution in [-0.2, 0) is 21.3 Å². The molecule has 7 heteroatoms. The Morgan fingerprint density at radius 1 is 1.50 bits per heavy atom. The lowest BCUT2D eigenvalue weighted by atomic mass is 10.2. The molecule has 0 amide bonds. The van der Waals surface area contributed by atoms with E-state index in [0.29, 0.717) is 13.1 Å². The molecule has 1 aliphatic heterocycles. The van der Waals surface area contributed by atoms with Crippen molar-refractivity contribution in [2.24, 2.45) is 0 Å². The molecule has 1 aromatic heterocycles. The average Bonchev–Trinajstić information content (AvgIpc) is 3.08. The van der Waals surface area contributed by atoms with Crippen LogP contribution in [0.4, 0.5) is 0 Å². The van der Waals surface area contributed by atoms with Gasteiger partial charge in [-0.3, -0.25) is 0 Å². The Morgan fingerprint density at radius 3 is 3.05 bits per heavy atom. The van der Waals surface area contributed by atoms with Gasteiger partial charge in [0.2, 0.25) is 10.0 Å². The smallest absolute Gasteiger partial charge is 0.242 e. The third-order valence-electron chi connectivity index (χ3n) is 3.29. The largest absolute Gasteiger partial charge is 0.377 e. The lowest BCUT2D eigenvalue weighted by molar-refractivity contribution is 0.114. The van der Waals surface area contributed by atoms with Gasteiger partial charge >= 0.3 is 0 Å². The highest BCUT2D eigenvalue weighted by molar-refractivity contribution is 7.89. The second-order valence-electron chi connectivity index (χ2n) is 5.02. The van der Waals surface area contributed by atoms with Crippen molar-refractivity contribution >= 4 is 10.0 Å². The molecule has 0 aliphatic carbocycles. The number of nitrogens with one attached hydrogen (secondary N) is 3. The van der Waals surface area contributed by atoms with Crippen molar-refractivity contribution in [1.82, 2.24) is 15.0 Å². The van der Waals surface area contributed by atoms with Crippen LogP contribution in [0.5, 0.6) is 0 Å². The Labute approximate surface area is 120 Å². The summed E-state index contributed by atoms with van der Waals surface area (Å²) in [5.41, 5.74) is 0.871. The summed E-state index contributed by atoms with van der Waals surface area (Å²) in [6.45, 7) is 4.72. The molecular weight excluding hydrogens is 278 g/mol. The Morgan fingerprint density at radius 2 is 2.35 bits per heavy atom. The molecule has 0 spiro atoms. The van der Waals surface area contributed by atoms with E-state index in [2.05, 4.69) is 21.9 Å². The van der Waals surface area contributed by atoms with Gasteiger partial charge in [-0.05, 0) is 31.9 Å². The standard InChI is InChI=1S/C13H23N3O3S/c1-2-5-14-8-11-7-13(10-15-11)20(17,18)16-9-12-4-3-6-19-12/h7,10,12,14-16H,2-6,8-9H2,1H3. The van der Waals surface area contributed by atoms with Gasteiger partial charge in [-0.15, -0.1) is 0 Å². The summed E-state index contributed by atoms with van der Waals surface area (Å²) < 4.78 is 32.3. The molecule has 20 heavy (non-hydrogen) atoms. The monoisotopic (exact) mass is 301 g/mol. The first-order valence-electron chi connectivity index (χ1n) is 7.11. The topological polar surface area (TPSA) is 83.2 Å². The molecule has 2 heterocycles. The maximum absolute atomic E-state index is 12.1. The Bertz CT molecular complexity index is 507. The first-order chi connectivity index (χ1) is 9.62. The normalized spacial score (nSPS) is 19.6. The first kappa shape index (κ1) is 15.5. The van der Waals surface area contributed by atoms with Gasteiger partial charge in [0.1, 0.15) is 0 Å². The summed E-state index contributed by atoms with van der Waals surface area (Å²) >= 11 is 0. The van der Waals surface area contributed by atoms with Crippen molar-refractivity contribution in [3.05, 3.63) is 18.0 Å². The average molecular weight is 301 g/mol. The zero-order valence-corrected chi connectivity index (χ0v) is 12.6. The van der Waals surface area contributed by atoms with E-state index in [1.807, 2.05) is 0 Å². The lowest BCUT2D eigenvalue weighted by Crippen LogP contribution is -2.31. The van der Waals surface area contributed by atoms with E-state index in [1.54, 1.807) is 6.07 Å². The van der Waals surface area contributed by atoms with E-state index in [1.165, 1.54) is 6.20 Å². The number of ether oxygens (including phenoxy) is 1. The van der Waals surface area contributed by atoms with Crippen LogP contribution in [0, 0.1) is 0 Å². The number of rotatable bonds is 8. The maximum Gasteiger partial charge on any atom is 0.242 e. The Hall–Kier alpha value is -0.890. The summed E-state index contributed by atoms with van der Waals surface area (Å²) in [6, 6.07) is 1.67. The molecule has 1 aromatic rings. The molecule has 6 nitrogen and oxygen atoms in total. The Balaban J connectivity index is 1.88. The molecule has 3 N–H and O–H groups in total. The van der Waals surface area contributed by atoms with E-state index in [-0.39, 0.29) is 11.0 Å². The highest BCUT2D eigenvalue weighted by Crippen LogP contribution is 2.14. The van der Waals surface area contributed by atoms with Crippen LogP contribution in [0.25, 0.3) is 0 Å². The molecule has 0 bridgehead atoms. The maximum atomic E-state index is 12.1. The van der Waals surface area contributed by atoms with E-state index in [9.17, 15) is 8.42 Å². The minimum Gasteiger partial charge on any atom is -0.377 e. The summed E-state index contributed by atoms with van der Waals surface area (Å²) in [6.07, 6.45) is 4.51. The zero-order chi connectivity index (χ0) is 14.4. The number of hydrogen-bond donors (Lipinski definition) is 3. The van der Waals surface area contributed by atoms with Crippen molar-refractivity contribution in [1.29, 1.82) is 0 Å². The zero-order valence-electron chi connectivity index (χ0n) is 11.8. The van der Waals surface area contributed by atoms with E-state index < -0.39 is 10.0 Å². The molecule has 0 radical (unpaired) electrons. The molecule has 0 saturated carbocycles. The highest BCUT2D eigenvalue weighted by atomic mass is 32.2. The third kappa shape index (κ3) is 4.31. The summed E-state index contributed by atoms with van der Waals surface area (Å²) in [4.78, 5) is 3.27. The van der Waals surface area contributed by atoms with Gasteiger partial charge < -0.3 is 15.0 Å². The molecule has 1 aliphatic rings. The highest BCUT2D eigenvalue weighted by Gasteiger charge is 2.21. The van der Waals surface area contributed by atoms with Gasteiger partial charge in [-0.1, -0.05) is 6.92 Å². The molecule has 1 fully saturated rings. The second-order valence-corrected chi connectivity index (χ2v) is 6.79. The molecular formula is C13H23N3O3S. The predicted octanol–water partition coefficient (Wildman–Crippen LogP) is 0.972. The van der Waals surface area contributed by atoms with Crippen molar-refractivity contribution in [2.45, 2.75) is 43.7 Å². The molecule has 2 rings (SSSR count). The van der Waals surface area contributed by atoms with E-state index >= 15 is 0 Å². The molecule has 0 aromatic carbocycles. The number of aromatic nitrogens is 1. The molecule has 1 saturated heterocycles. The van der Waals surface area contributed by atoms with Gasteiger partial charge in [0.25, 0.3) is 0 Å². The van der Waals surface area contributed by atoms with Crippen LogP contribution < -0.4 is 10.0 Å². The van der Waals surface area contributed by atoms with Crippen molar-refractivity contribution in [3.63, 3.8) is 0 Å². The van der Waals surface area contributed by atoms with Crippen LogP contribution >= 0.6 is 0 Å². The van der Waals surface area contributed by atoms with Crippen molar-refractivity contribution < 1.29 is 13.2 Å². The molecule has 114 valence electrons. The minimum absolute atomic E-state index is 0.00871. The molecule has 1 atom stereocenters. The van der Waals surface area contributed by atoms with Crippen LogP contribution in [0.1, 0.15) is 31.9 Å². The summed E-state index contributed by atoms with van der Waals surface area (Å²) in [5.74, 6) is 0. The summed E-state index contributed by atoms with van der Waals surface area (Å²) in [7, 11) is -3.45. The quantitative estimate of drug-likeness (QED) is 0.625. The van der Waals surface area contributed by atoms with Gasteiger partial charge in [-0.25, -0.2) is 13.1 Å². The lowest BCUT2D eigenvalue weighted by Gasteiger charge is -2.10. The van der Waals surface area contributed by atoms with E-state index in [4.69, 9.17) is 4.74 Å².